The normalized spacial score (nSPS) is 11.3. The molecule has 162 valence electrons. The summed E-state index contributed by atoms with van der Waals surface area (Å²) in [6.45, 7) is -0.0836. The number of sulfonamides is 1. The first-order chi connectivity index (χ1) is 14.9. The van der Waals surface area contributed by atoms with Crippen LogP contribution in [0, 0.1) is 0 Å². The molecule has 3 N–H and O–H groups in total. The highest BCUT2D eigenvalue weighted by Gasteiger charge is 2.15. The molecule has 0 aliphatic heterocycles. The Morgan fingerprint density at radius 3 is 2.10 bits per heavy atom. The second-order valence-electron chi connectivity index (χ2n) is 6.76. The molecule has 9 heteroatoms. The van der Waals surface area contributed by atoms with Gasteiger partial charge < -0.3 is 15.4 Å². The second kappa shape index (κ2) is 10.2. The van der Waals surface area contributed by atoms with Crippen molar-refractivity contribution in [2.75, 3.05) is 30.9 Å². The Kier molecular flexibility index (Phi) is 7.35. The standard InChI is InChI=1S/C22H23N3O5S/c1-30-15-22(27)25-19-9-7-18(8-10-19)24-21(26)12-13-23-31(28,29)20-11-6-16-4-2-3-5-17(16)14-20/h2-11,14,23H,12-13,15H2,1H3,(H,24,26)(H,25,27). The molecule has 0 fully saturated rings. The summed E-state index contributed by atoms with van der Waals surface area (Å²) in [6, 6.07) is 18.9. The van der Waals surface area contributed by atoms with E-state index in [0.29, 0.717) is 11.4 Å². The van der Waals surface area contributed by atoms with Gasteiger partial charge in [0.15, 0.2) is 0 Å². The van der Waals surface area contributed by atoms with Crippen LogP contribution in [0.2, 0.25) is 0 Å². The van der Waals surface area contributed by atoms with Crippen LogP contribution in [-0.4, -0.2) is 40.5 Å². The highest BCUT2D eigenvalue weighted by Crippen LogP contribution is 2.19. The number of rotatable bonds is 9. The lowest BCUT2D eigenvalue weighted by atomic mass is 10.1. The Hall–Kier alpha value is -3.27. The quantitative estimate of drug-likeness (QED) is 0.473. The summed E-state index contributed by atoms with van der Waals surface area (Å²) in [5.41, 5.74) is 1.11. The zero-order chi connectivity index (χ0) is 22.3. The third-order valence-corrected chi connectivity index (χ3v) is 5.86. The molecule has 0 heterocycles. The first kappa shape index (κ1) is 22.4. The fraction of sp³-hybridized carbons (Fsp3) is 0.182. The molecule has 0 aliphatic rings. The van der Waals surface area contributed by atoms with Crippen molar-refractivity contribution in [3.05, 3.63) is 66.7 Å². The van der Waals surface area contributed by atoms with Gasteiger partial charge in [-0.25, -0.2) is 13.1 Å². The molecule has 0 aliphatic carbocycles. The van der Waals surface area contributed by atoms with Gasteiger partial charge in [-0.15, -0.1) is 0 Å². The second-order valence-corrected chi connectivity index (χ2v) is 8.53. The molecule has 0 aromatic heterocycles. The van der Waals surface area contributed by atoms with E-state index in [0.717, 1.165) is 10.8 Å². The van der Waals surface area contributed by atoms with Crippen LogP contribution >= 0.6 is 0 Å². The summed E-state index contributed by atoms with van der Waals surface area (Å²) >= 11 is 0. The average Bonchev–Trinajstić information content (AvgIpc) is 2.75. The molecule has 0 saturated carbocycles. The lowest BCUT2D eigenvalue weighted by Gasteiger charge is -2.09. The van der Waals surface area contributed by atoms with E-state index in [9.17, 15) is 18.0 Å². The van der Waals surface area contributed by atoms with Gasteiger partial charge in [0.05, 0.1) is 4.90 Å². The van der Waals surface area contributed by atoms with Gasteiger partial charge in [-0.1, -0.05) is 30.3 Å². The molecular formula is C22H23N3O5S. The van der Waals surface area contributed by atoms with Crippen LogP contribution in [0.1, 0.15) is 6.42 Å². The van der Waals surface area contributed by atoms with E-state index in [-0.39, 0.29) is 36.3 Å². The van der Waals surface area contributed by atoms with Crippen molar-refractivity contribution in [2.45, 2.75) is 11.3 Å². The van der Waals surface area contributed by atoms with E-state index < -0.39 is 10.0 Å². The first-order valence-electron chi connectivity index (χ1n) is 9.54. The maximum atomic E-state index is 12.5. The number of amides is 2. The van der Waals surface area contributed by atoms with Crippen LogP contribution in [0.15, 0.2) is 71.6 Å². The van der Waals surface area contributed by atoms with Gasteiger partial charge >= 0.3 is 0 Å². The minimum atomic E-state index is -3.72. The summed E-state index contributed by atoms with van der Waals surface area (Å²) in [5, 5.41) is 7.11. The molecule has 0 radical (unpaired) electrons. The monoisotopic (exact) mass is 441 g/mol. The third kappa shape index (κ3) is 6.35. The van der Waals surface area contributed by atoms with Crippen molar-refractivity contribution in [1.29, 1.82) is 0 Å². The molecule has 0 bridgehead atoms. The molecule has 8 nitrogen and oxygen atoms in total. The number of carbonyl (C=O) groups excluding carboxylic acids is 2. The summed E-state index contributed by atoms with van der Waals surface area (Å²) in [4.78, 5) is 23.8. The van der Waals surface area contributed by atoms with E-state index in [2.05, 4.69) is 15.4 Å². The van der Waals surface area contributed by atoms with Gasteiger partial charge in [-0.2, -0.15) is 0 Å². The Balaban J connectivity index is 1.50. The number of ether oxygens (including phenoxy) is 1. The number of anilines is 2. The van der Waals surface area contributed by atoms with Gasteiger partial charge in [0.1, 0.15) is 6.61 Å². The molecular weight excluding hydrogens is 418 g/mol. The number of hydrogen-bond acceptors (Lipinski definition) is 5. The topological polar surface area (TPSA) is 114 Å². The number of benzene rings is 3. The minimum absolute atomic E-state index is 0.0286. The zero-order valence-corrected chi connectivity index (χ0v) is 17.7. The van der Waals surface area contributed by atoms with Gasteiger partial charge in [-0.05, 0) is 47.2 Å². The molecule has 3 aromatic carbocycles. The van der Waals surface area contributed by atoms with Crippen molar-refractivity contribution < 1.29 is 22.7 Å². The maximum Gasteiger partial charge on any atom is 0.250 e. The maximum absolute atomic E-state index is 12.5. The lowest BCUT2D eigenvalue weighted by molar-refractivity contribution is -0.119. The fourth-order valence-electron chi connectivity index (χ4n) is 2.91. The van der Waals surface area contributed by atoms with Crippen LogP contribution in [0.3, 0.4) is 0 Å². The lowest BCUT2D eigenvalue weighted by Crippen LogP contribution is -2.27. The van der Waals surface area contributed by atoms with Crippen LogP contribution in [0.25, 0.3) is 10.8 Å². The minimum Gasteiger partial charge on any atom is -0.375 e. The van der Waals surface area contributed by atoms with Gasteiger partial charge in [0.2, 0.25) is 21.8 Å². The Labute approximate surface area is 180 Å². The summed E-state index contributed by atoms with van der Waals surface area (Å²) in [7, 11) is -2.29. The third-order valence-electron chi connectivity index (χ3n) is 4.40. The van der Waals surface area contributed by atoms with Gasteiger partial charge in [0.25, 0.3) is 0 Å². The number of methoxy groups -OCH3 is 1. The van der Waals surface area contributed by atoms with E-state index >= 15 is 0 Å². The molecule has 3 aromatic rings. The first-order valence-corrected chi connectivity index (χ1v) is 11.0. The predicted molar refractivity (Wildman–Crippen MR) is 119 cm³/mol. The highest BCUT2D eigenvalue weighted by molar-refractivity contribution is 7.89. The van der Waals surface area contributed by atoms with Crippen molar-refractivity contribution in [3.63, 3.8) is 0 Å². The van der Waals surface area contributed by atoms with E-state index in [1.54, 1.807) is 36.4 Å². The van der Waals surface area contributed by atoms with Crippen LogP contribution < -0.4 is 15.4 Å². The molecule has 0 unspecified atom stereocenters. The predicted octanol–water partition coefficient (Wildman–Crippen LogP) is 2.73. The summed E-state index contributed by atoms with van der Waals surface area (Å²) in [6.07, 6.45) is -0.0286. The Morgan fingerprint density at radius 1 is 0.839 bits per heavy atom. The van der Waals surface area contributed by atoms with Gasteiger partial charge in [-0.3, -0.25) is 9.59 Å². The number of hydrogen-bond donors (Lipinski definition) is 3. The van der Waals surface area contributed by atoms with Gasteiger partial charge in [0, 0.05) is 31.5 Å². The number of nitrogens with one attached hydrogen (secondary N) is 3. The van der Waals surface area contributed by atoms with Crippen molar-refractivity contribution >= 4 is 44.0 Å². The SMILES string of the molecule is COCC(=O)Nc1ccc(NC(=O)CCNS(=O)(=O)c2ccc3ccccc3c2)cc1. The Bertz CT molecular complexity index is 1180. The van der Waals surface area contributed by atoms with Crippen LogP contribution in [0.4, 0.5) is 11.4 Å². The number of carbonyl (C=O) groups is 2. The molecule has 0 spiro atoms. The summed E-state index contributed by atoms with van der Waals surface area (Å²) < 4.78 is 32.2. The molecule has 0 saturated heterocycles. The molecule has 3 rings (SSSR count). The van der Waals surface area contributed by atoms with Crippen LogP contribution in [0.5, 0.6) is 0 Å². The van der Waals surface area contributed by atoms with E-state index in [4.69, 9.17) is 4.74 Å². The summed E-state index contributed by atoms with van der Waals surface area (Å²) in [5.74, 6) is -0.615. The molecule has 0 atom stereocenters. The average molecular weight is 442 g/mol. The van der Waals surface area contributed by atoms with Crippen molar-refractivity contribution in [1.82, 2.24) is 4.72 Å². The largest absolute Gasteiger partial charge is 0.375 e. The Morgan fingerprint density at radius 2 is 1.45 bits per heavy atom. The van der Waals surface area contributed by atoms with Crippen LogP contribution in [-0.2, 0) is 24.3 Å². The van der Waals surface area contributed by atoms with E-state index in [1.165, 1.54) is 13.2 Å². The zero-order valence-electron chi connectivity index (χ0n) is 16.9. The number of fused-ring (bicyclic) bond motifs is 1. The van der Waals surface area contributed by atoms with Crippen molar-refractivity contribution in [3.8, 4) is 0 Å². The molecule has 2 amide bonds. The fourth-order valence-corrected chi connectivity index (χ4v) is 3.97. The van der Waals surface area contributed by atoms with Crippen molar-refractivity contribution in [2.24, 2.45) is 0 Å². The highest BCUT2D eigenvalue weighted by atomic mass is 32.2. The van der Waals surface area contributed by atoms with E-state index in [1.807, 2.05) is 24.3 Å². The molecule has 31 heavy (non-hydrogen) atoms. The smallest absolute Gasteiger partial charge is 0.250 e.